The van der Waals surface area contributed by atoms with Crippen LogP contribution in [0.15, 0.2) is 60.7 Å². The van der Waals surface area contributed by atoms with Gasteiger partial charge in [-0.05, 0) is 29.9 Å². The molecule has 2 aromatic rings. The Bertz CT molecular complexity index is 477. The zero-order chi connectivity index (χ0) is 12.2. The van der Waals surface area contributed by atoms with E-state index in [0.717, 1.165) is 12.5 Å². The predicted octanol–water partition coefficient (Wildman–Crippen LogP) is 3.41. The van der Waals surface area contributed by atoms with E-state index in [2.05, 4.69) is 66.0 Å². The van der Waals surface area contributed by atoms with Crippen molar-refractivity contribution in [1.29, 1.82) is 0 Å². The first-order chi connectivity index (χ1) is 8.92. The van der Waals surface area contributed by atoms with Crippen molar-refractivity contribution >= 4 is 0 Å². The third kappa shape index (κ3) is 2.99. The monoisotopic (exact) mass is 237 g/mol. The number of nitrogens with one attached hydrogen (secondary N) is 1. The maximum Gasteiger partial charge on any atom is 0.0208 e. The average Bonchev–Trinajstić information content (AvgIpc) is 3.17. The number of benzene rings is 2. The molecule has 18 heavy (non-hydrogen) atoms. The topological polar surface area (TPSA) is 12.0 Å². The van der Waals surface area contributed by atoms with Crippen molar-refractivity contribution in [2.75, 3.05) is 0 Å². The Hall–Kier alpha value is -1.60. The second kappa shape index (κ2) is 5.36. The third-order valence-electron chi connectivity index (χ3n) is 3.67. The lowest BCUT2D eigenvalue weighted by molar-refractivity contribution is 0.631. The largest absolute Gasteiger partial charge is 0.310 e. The SMILES string of the molecule is c1ccc(CN[C@H]2C[C@@H]2Cc2ccccc2)cc1. The van der Waals surface area contributed by atoms with Crippen LogP contribution >= 0.6 is 0 Å². The zero-order valence-electron chi connectivity index (χ0n) is 10.5. The fraction of sp³-hybridized carbons (Fsp3) is 0.294. The van der Waals surface area contributed by atoms with Gasteiger partial charge in [0.2, 0.25) is 0 Å². The minimum Gasteiger partial charge on any atom is -0.310 e. The van der Waals surface area contributed by atoms with Gasteiger partial charge in [-0.3, -0.25) is 0 Å². The molecule has 1 aliphatic carbocycles. The molecule has 0 unspecified atom stereocenters. The highest BCUT2D eigenvalue weighted by atomic mass is 15.0. The molecular weight excluding hydrogens is 218 g/mol. The summed E-state index contributed by atoms with van der Waals surface area (Å²) in [5.41, 5.74) is 2.84. The van der Waals surface area contributed by atoms with Crippen LogP contribution in [0.1, 0.15) is 17.5 Å². The van der Waals surface area contributed by atoms with E-state index in [4.69, 9.17) is 0 Å². The zero-order valence-corrected chi connectivity index (χ0v) is 10.5. The van der Waals surface area contributed by atoms with Gasteiger partial charge in [-0.25, -0.2) is 0 Å². The van der Waals surface area contributed by atoms with Crippen molar-refractivity contribution in [2.24, 2.45) is 5.92 Å². The summed E-state index contributed by atoms with van der Waals surface area (Å²) in [6, 6.07) is 22.2. The van der Waals surface area contributed by atoms with E-state index in [1.165, 1.54) is 24.0 Å². The lowest BCUT2D eigenvalue weighted by Crippen LogP contribution is -2.18. The van der Waals surface area contributed by atoms with E-state index in [1.54, 1.807) is 0 Å². The first kappa shape index (κ1) is 11.5. The molecule has 1 nitrogen and oxygen atoms in total. The number of rotatable bonds is 5. The molecule has 3 rings (SSSR count). The Balaban J connectivity index is 1.45. The van der Waals surface area contributed by atoms with Gasteiger partial charge < -0.3 is 5.32 Å². The highest BCUT2D eigenvalue weighted by Gasteiger charge is 2.36. The molecule has 0 amide bonds. The highest BCUT2D eigenvalue weighted by Crippen LogP contribution is 2.33. The Labute approximate surface area is 109 Å². The standard InChI is InChI=1S/C17H19N/c1-3-7-14(8-4-1)11-16-12-17(16)18-13-15-9-5-2-6-10-15/h1-10,16-18H,11-13H2/t16-,17-/m0/s1. The van der Waals surface area contributed by atoms with Gasteiger partial charge in [-0.15, -0.1) is 0 Å². The Kier molecular flexibility index (Phi) is 3.42. The van der Waals surface area contributed by atoms with Crippen molar-refractivity contribution < 1.29 is 0 Å². The maximum atomic E-state index is 3.64. The van der Waals surface area contributed by atoms with Crippen LogP contribution in [0, 0.1) is 5.92 Å². The normalized spacial score (nSPS) is 21.8. The average molecular weight is 237 g/mol. The second-order valence-electron chi connectivity index (χ2n) is 5.16. The summed E-state index contributed by atoms with van der Waals surface area (Å²) >= 11 is 0. The lowest BCUT2D eigenvalue weighted by Gasteiger charge is -2.04. The van der Waals surface area contributed by atoms with Crippen molar-refractivity contribution in [2.45, 2.75) is 25.4 Å². The molecule has 2 aromatic carbocycles. The summed E-state index contributed by atoms with van der Waals surface area (Å²) in [7, 11) is 0. The van der Waals surface area contributed by atoms with Gasteiger partial charge in [-0.1, -0.05) is 60.7 Å². The molecule has 1 N–H and O–H groups in total. The molecule has 1 fully saturated rings. The Morgan fingerprint density at radius 3 is 2.11 bits per heavy atom. The van der Waals surface area contributed by atoms with Gasteiger partial charge in [-0.2, -0.15) is 0 Å². The van der Waals surface area contributed by atoms with Gasteiger partial charge >= 0.3 is 0 Å². The van der Waals surface area contributed by atoms with Crippen LogP contribution in [-0.4, -0.2) is 6.04 Å². The quantitative estimate of drug-likeness (QED) is 0.840. The summed E-state index contributed by atoms with van der Waals surface area (Å²) < 4.78 is 0. The van der Waals surface area contributed by atoms with E-state index in [1.807, 2.05) is 0 Å². The predicted molar refractivity (Wildman–Crippen MR) is 75.3 cm³/mol. The molecule has 0 saturated heterocycles. The summed E-state index contributed by atoms with van der Waals surface area (Å²) in [4.78, 5) is 0. The molecule has 2 atom stereocenters. The smallest absolute Gasteiger partial charge is 0.0208 e. The van der Waals surface area contributed by atoms with E-state index in [9.17, 15) is 0 Å². The second-order valence-corrected chi connectivity index (χ2v) is 5.16. The molecule has 0 spiro atoms. The van der Waals surface area contributed by atoms with E-state index in [-0.39, 0.29) is 0 Å². The number of hydrogen-bond donors (Lipinski definition) is 1. The fourth-order valence-electron chi connectivity index (χ4n) is 2.48. The van der Waals surface area contributed by atoms with Crippen LogP contribution in [0.2, 0.25) is 0 Å². The highest BCUT2D eigenvalue weighted by molar-refractivity contribution is 5.18. The summed E-state index contributed by atoms with van der Waals surface area (Å²) in [6.07, 6.45) is 2.54. The summed E-state index contributed by atoms with van der Waals surface area (Å²) in [5.74, 6) is 0.830. The van der Waals surface area contributed by atoms with Crippen molar-refractivity contribution in [3.63, 3.8) is 0 Å². The molecule has 0 bridgehead atoms. The minimum atomic E-state index is 0.713. The molecule has 1 saturated carbocycles. The molecule has 1 aliphatic rings. The van der Waals surface area contributed by atoms with Crippen LogP contribution in [0.25, 0.3) is 0 Å². The van der Waals surface area contributed by atoms with Crippen LogP contribution < -0.4 is 5.32 Å². The van der Waals surface area contributed by atoms with Crippen molar-refractivity contribution in [3.8, 4) is 0 Å². The first-order valence-corrected chi connectivity index (χ1v) is 6.73. The molecule has 92 valence electrons. The van der Waals surface area contributed by atoms with Crippen molar-refractivity contribution in [1.82, 2.24) is 5.32 Å². The van der Waals surface area contributed by atoms with Gasteiger partial charge in [0, 0.05) is 12.6 Å². The summed E-state index contributed by atoms with van der Waals surface area (Å²) in [5, 5.41) is 3.64. The Morgan fingerprint density at radius 1 is 0.833 bits per heavy atom. The number of hydrogen-bond acceptors (Lipinski definition) is 1. The molecule has 0 heterocycles. The lowest BCUT2D eigenvalue weighted by atomic mass is 10.1. The molecule has 0 aromatic heterocycles. The van der Waals surface area contributed by atoms with Crippen LogP contribution in [0.5, 0.6) is 0 Å². The van der Waals surface area contributed by atoms with E-state index in [0.29, 0.717) is 6.04 Å². The third-order valence-corrected chi connectivity index (χ3v) is 3.67. The molecule has 1 heteroatoms. The van der Waals surface area contributed by atoms with Crippen LogP contribution in [0.3, 0.4) is 0 Å². The molecular formula is C17H19N. The summed E-state index contributed by atoms with van der Waals surface area (Å²) in [6.45, 7) is 0.997. The van der Waals surface area contributed by atoms with Gasteiger partial charge in [0.15, 0.2) is 0 Å². The minimum absolute atomic E-state index is 0.713. The molecule has 0 aliphatic heterocycles. The van der Waals surface area contributed by atoms with Crippen LogP contribution in [-0.2, 0) is 13.0 Å². The first-order valence-electron chi connectivity index (χ1n) is 6.73. The van der Waals surface area contributed by atoms with E-state index >= 15 is 0 Å². The van der Waals surface area contributed by atoms with Crippen LogP contribution in [0.4, 0.5) is 0 Å². The van der Waals surface area contributed by atoms with Gasteiger partial charge in [0.05, 0.1) is 0 Å². The Morgan fingerprint density at radius 2 is 1.44 bits per heavy atom. The van der Waals surface area contributed by atoms with Crippen molar-refractivity contribution in [3.05, 3.63) is 71.8 Å². The van der Waals surface area contributed by atoms with E-state index < -0.39 is 0 Å². The van der Waals surface area contributed by atoms with Gasteiger partial charge in [0.25, 0.3) is 0 Å². The fourth-order valence-corrected chi connectivity index (χ4v) is 2.48. The maximum absolute atomic E-state index is 3.64. The molecule has 0 radical (unpaired) electrons. The van der Waals surface area contributed by atoms with Gasteiger partial charge in [0.1, 0.15) is 0 Å².